The maximum atomic E-state index is 14.5. The highest BCUT2D eigenvalue weighted by molar-refractivity contribution is 6.30. The molecule has 0 unspecified atom stereocenters. The smallest absolute Gasteiger partial charge is 0.242 e. The van der Waals surface area contributed by atoms with E-state index in [4.69, 9.17) is 17.3 Å². The number of nitrogens with zero attached hydrogens (tertiary/aromatic N) is 5. The first kappa shape index (κ1) is 27.4. The van der Waals surface area contributed by atoms with E-state index in [2.05, 4.69) is 28.3 Å². The summed E-state index contributed by atoms with van der Waals surface area (Å²) in [6, 6.07) is 4.60. The summed E-state index contributed by atoms with van der Waals surface area (Å²) < 4.78 is 14.5. The molecule has 0 saturated carbocycles. The van der Waals surface area contributed by atoms with Crippen LogP contribution in [0.1, 0.15) is 39.7 Å². The minimum Gasteiger partial charge on any atom is -0.383 e. The van der Waals surface area contributed by atoms with Gasteiger partial charge in [-0.15, -0.1) is 0 Å². The standard InChI is InChI=1S/C28H35ClFN7O/c1-5-7-22(32-10-6-2)25-18(3)14-36(28-26(25)27(31)33-17-34-28)16-24(38)37-12-11-35(15-19(37)4)23-9-8-20(29)13-21(23)30/h6-10,13,17,19,32H,5,11-12,14-16H2,1-4H3,(H2,31,33,34)/b10-6-,22-7+/t19-/m0/s1. The van der Waals surface area contributed by atoms with Crippen molar-refractivity contribution in [2.24, 2.45) is 0 Å². The molecule has 2 aliphatic heterocycles. The molecule has 0 radical (unpaired) electrons. The molecule has 8 nitrogen and oxygen atoms in total. The van der Waals surface area contributed by atoms with E-state index in [1.807, 2.05) is 47.7 Å². The molecule has 0 spiro atoms. The van der Waals surface area contributed by atoms with Gasteiger partial charge in [-0.25, -0.2) is 14.4 Å². The van der Waals surface area contributed by atoms with Gasteiger partial charge in [-0.05, 0) is 57.2 Å². The lowest BCUT2D eigenvalue weighted by molar-refractivity contribution is -0.132. The first-order valence-electron chi connectivity index (χ1n) is 12.9. The van der Waals surface area contributed by atoms with Crippen molar-refractivity contribution in [1.29, 1.82) is 0 Å². The molecule has 4 rings (SSSR count). The Morgan fingerprint density at radius 1 is 1.32 bits per heavy atom. The molecule has 0 aliphatic carbocycles. The molecule has 3 heterocycles. The lowest BCUT2D eigenvalue weighted by Crippen LogP contribution is -2.56. The number of carbonyl (C=O) groups is 1. The topological polar surface area (TPSA) is 90.6 Å². The van der Waals surface area contributed by atoms with E-state index in [-0.39, 0.29) is 24.3 Å². The van der Waals surface area contributed by atoms with Crippen molar-refractivity contribution in [1.82, 2.24) is 20.2 Å². The van der Waals surface area contributed by atoms with Crippen LogP contribution in [0.3, 0.4) is 0 Å². The average molecular weight is 540 g/mol. The number of aromatic nitrogens is 2. The molecule has 1 fully saturated rings. The Labute approximate surface area is 228 Å². The summed E-state index contributed by atoms with van der Waals surface area (Å²) in [4.78, 5) is 28.1. The second-order valence-corrected chi connectivity index (χ2v) is 10.1. The first-order valence-corrected chi connectivity index (χ1v) is 13.3. The van der Waals surface area contributed by atoms with E-state index < -0.39 is 0 Å². The van der Waals surface area contributed by atoms with E-state index in [9.17, 15) is 9.18 Å². The molecule has 2 aliphatic rings. The fourth-order valence-electron chi connectivity index (χ4n) is 5.17. The summed E-state index contributed by atoms with van der Waals surface area (Å²) in [5.74, 6) is 0.651. The average Bonchev–Trinajstić information content (AvgIpc) is 2.87. The van der Waals surface area contributed by atoms with Crippen molar-refractivity contribution in [3.8, 4) is 0 Å². The lowest BCUT2D eigenvalue weighted by atomic mass is 9.93. The minimum atomic E-state index is -0.356. The number of allylic oxidation sites excluding steroid dienone is 3. The Morgan fingerprint density at radius 3 is 2.79 bits per heavy atom. The van der Waals surface area contributed by atoms with E-state index in [1.54, 1.807) is 12.1 Å². The third-order valence-corrected chi connectivity index (χ3v) is 7.10. The predicted octanol–water partition coefficient (Wildman–Crippen LogP) is 4.60. The molecule has 3 N–H and O–H groups in total. The van der Waals surface area contributed by atoms with Gasteiger partial charge in [0.25, 0.3) is 0 Å². The van der Waals surface area contributed by atoms with Gasteiger partial charge in [-0.1, -0.05) is 30.7 Å². The van der Waals surface area contributed by atoms with E-state index in [0.717, 1.165) is 28.8 Å². The number of hydrogen-bond donors (Lipinski definition) is 2. The van der Waals surface area contributed by atoms with Crippen LogP contribution in [0, 0.1) is 5.82 Å². The summed E-state index contributed by atoms with van der Waals surface area (Å²) in [5, 5.41) is 3.72. The summed E-state index contributed by atoms with van der Waals surface area (Å²) in [6.07, 6.45) is 8.20. The third-order valence-electron chi connectivity index (χ3n) is 6.87. The molecular formula is C28H35ClFN7O. The number of nitrogen functional groups attached to an aromatic ring is 1. The summed E-state index contributed by atoms with van der Waals surface area (Å²) in [6.45, 7) is 10.3. The third kappa shape index (κ3) is 5.62. The van der Waals surface area contributed by atoms with Crippen LogP contribution in [-0.2, 0) is 4.79 Å². The number of rotatable bonds is 7. The normalized spacial score (nSPS) is 18.3. The summed E-state index contributed by atoms with van der Waals surface area (Å²) in [7, 11) is 0. The van der Waals surface area contributed by atoms with Crippen LogP contribution in [0.2, 0.25) is 5.02 Å². The zero-order chi connectivity index (χ0) is 27.4. The number of fused-ring (bicyclic) bond motifs is 1. The highest BCUT2D eigenvalue weighted by Crippen LogP contribution is 2.39. The number of nitrogens with two attached hydrogens (primary N) is 1. The Bertz CT molecular complexity index is 1290. The number of nitrogens with one attached hydrogen (secondary N) is 1. The number of halogens is 2. The second kappa shape index (κ2) is 11.9. The van der Waals surface area contributed by atoms with Crippen LogP contribution in [0.5, 0.6) is 0 Å². The van der Waals surface area contributed by atoms with Crippen molar-refractivity contribution in [2.45, 2.75) is 40.2 Å². The monoisotopic (exact) mass is 539 g/mol. The van der Waals surface area contributed by atoms with Gasteiger partial charge in [0, 0.05) is 48.5 Å². The van der Waals surface area contributed by atoms with Crippen LogP contribution in [0.15, 0.2) is 54.1 Å². The van der Waals surface area contributed by atoms with Gasteiger partial charge in [-0.3, -0.25) is 4.79 Å². The number of amides is 1. The van der Waals surface area contributed by atoms with Crippen LogP contribution in [0.25, 0.3) is 5.57 Å². The van der Waals surface area contributed by atoms with Gasteiger partial charge < -0.3 is 25.8 Å². The molecule has 1 saturated heterocycles. The summed E-state index contributed by atoms with van der Waals surface area (Å²) >= 11 is 5.92. The van der Waals surface area contributed by atoms with Crippen molar-refractivity contribution in [2.75, 3.05) is 48.3 Å². The Morgan fingerprint density at radius 2 is 2.11 bits per heavy atom. The number of anilines is 3. The number of piperazine rings is 1. The van der Waals surface area contributed by atoms with Gasteiger partial charge >= 0.3 is 0 Å². The number of carbonyl (C=O) groups excluding carboxylic acids is 1. The maximum absolute atomic E-state index is 14.5. The van der Waals surface area contributed by atoms with E-state index >= 15 is 0 Å². The maximum Gasteiger partial charge on any atom is 0.242 e. The van der Waals surface area contributed by atoms with Crippen LogP contribution in [0.4, 0.5) is 21.7 Å². The molecule has 38 heavy (non-hydrogen) atoms. The van der Waals surface area contributed by atoms with E-state index in [1.165, 1.54) is 12.4 Å². The molecule has 2 aromatic rings. The molecule has 10 heteroatoms. The Kier molecular flexibility index (Phi) is 8.56. The molecule has 1 aromatic carbocycles. The fraction of sp³-hybridized carbons (Fsp3) is 0.393. The van der Waals surface area contributed by atoms with Gasteiger partial charge in [0.05, 0.1) is 17.8 Å². The predicted molar refractivity (Wildman–Crippen MR) is 152 cm³/mol. The minimum absolute atomic E-state index is 0.00974. The van der Waals surface area contributed by atoms with Gasteiger partial charge in [0.15, 0.2) is 0 Å². The van der Waals surface area contributed by atoms with Crippen molar-refractivity contribution in [3.63, 3.8) is 0 Å². The Balaban J connectivity index is 1.54. The quantitative estimate of drug-likeness (QED) is 0.531. The van der Waals surface area contributed by atoms with Crippen LogP contribution in [-0.4, -0.2) is 59.5 Å². The second-order valence-electron chi connectivity index (χ2n) is 9.62. The SMILES string of the molecule is C/C=C\N/C(=C/CC)C1=C(C)CN(CC(=O)N2CCN(c3ccc(Cl)cc3F)C[C@@H]2C)c2ncnc(N)c21. The van der Waals surface area contributed by atoms with E-state index in [0.29, 0.717) is 48.5 Å². The zero-order valence-corrected chi connectivity index (χ0v) is 23.1. The van der Waals surface area contributed by atoms with Crippen LogP contribution < -0.4 is 20.9 Å². The fourth-order valence-corrected chi connectivity index (χ4v) is 5.33. The van der Waals surface area contributed by atoms with Gasteiger partial charge in [0.2, 0.25) is 5.91 Å². The molecular weight excluding hydrogens is 505 g/mol. The molecule has 0 bridgehead atoms. The van der Waals surface area contributed by atoms with Crippen molar-refractivity contribution in [3.05, 3.63) is 70.6 Å². The number of benzene rings is 1. The zero-order valence-electron chi connectivity index (χ0n) is 22.3. The van der Waals surface area contributed by atoms with Crippen LogP contribution >= 0.6 is 11.6 Å². The first-order chi connectivity index (χ1) is 18.2. The molecule has 1 atom stereocenters. The van der Waals surface area contributed by atoms with Gasteiger partial charge in [0.1, 0.15) is 23.8 Å². The van der Waals surface area contributed by atoms with Crippen molar-refractivity contribution >= 4 is 40.4 Å². The summed E-state index contributed by atoms with van der Waals surface area (Å²) in [5.41, 5.74) is 10.6. The lowest BCUT2D eigenvalue weighted by Gasteiger charge is -2.42. The largest absolute Gasteiger partial charge is 0.383 e. The molecule has 1 aromatic heterocycles. The van der Waals surface area contributed by atoms with Gasteiger partial charge in [-0.2, -0.15) is 0 Å². The number of hydrogen-bond acceptors (Lipinski definition) is 7. The highest BCUT2D eigenvalue weighted by atomic mass is 35.5. The molecule has 202 valence electrons. The Hall–Kier alpha value is -3.59. The highest BCUT2D eigenvalue weighted by Gasteiger charge is 2.33. The molecule has 1 amide bonds. The van der Waals surface area contributed by atoms with Crippen molar-refractivity contribution < 1.29 is 9.18 Å².